The molecule has 1 N–H and O–H groups in total. The number of carbonyl (C=O) groups is 1. The standard InChI is InChI=1S/C13H11NOS2/c15-13(9-3-1-5-11(16)7-9)14-10-4-2-6-12(17)8-10/h1-8,16-17H,(H,14,15). The summed E-state index contributed by atoms with van der Waals surface area (Å²) in [4.78, 5) is 13.5. The van der Waals surface area contributed by atoms with E-state index in [9.17, 15) is 4.79 Å². The maximum atomic E-state index is 11.9. The lowest BCUT2D eigenvalue weighted by Crippen LogP contribution is -2.11. The van der Waals surface area contributed by atoms with Gasteiger partial charge in [-0.05, 0) is 36.4 Å². The van der Waals surface area contributed by atoms with Gasteiger partial charge in [0.2, 0.25) is 0 Å². The van der Waals surface area contributed by atoms with Crippen molar-refractivity contribution in [3.8, 4) is 0 Å². The molecule has 17 heavy (non-hydrogen) atoms. The Hall–Kier alpha value is -1.39. The van der Waals surface area contributed by atoms with Crippen molar-refractivity contribution in [2.45, 2.75) is 9.79 Å². The molecule has 0 aliphatic carbocycles. The Morgan fingerprint density at radius 3 is 2.24 bits per heavy atom. The Kier molecular flexibility index (Phi) is 3.76. The molecule has 2 nitrogen and oxygen atoms in total. The van der Waals surface area contributed by atoms with Crippen LogP contribution in [-0.2, 0) is 0 Å². The lowest BCUT2D eigenvalue weighted by Gasteiger charge is -2.06. The van der Waals surface area contributed by atoms with Crippen molar-refractivity contribution in [3.63, 3.8) is 0 Å². The summed E-state index contributed by atoms with van der Waals surface area (Å²) in [6, 6.07) is 14.4. The zero-order valence-corrected chi connectivity index (χ0v) is 10.7. The van der Waals surface area contributed by atoms with Crippen molar-refractivity contribution in [1.29, 1.82) is 0 Å². The molecule has 0 atom stereocenters. The minimum Gasteiger partial charge on any atom is -0.322 e. The highest BCUT2D eigenvalue weighted by molar-refractivity contribution is 7.80. The molecule has 0 spiro atoms. The molecule has 4 heteroatoms. The number of hydrogen-bond acceptors (Lipinski definition) is 3. The second kappa shape index (κ2) is 5.29. The summed E-state index contributed by atoms with van der Waals surface area (Å²) in [5.41, 5.74) is 1.31. The van der Waals surface area contributed by atoms with Crippen LogP contribution in [0.1, 0.15) is 10.4 Å². The molecule has 0 saturated carbocycles. The van der Waals surface area contributed by atoms with Crippen LogP contribution < -0.4 is 5.32 Å². The molecule has 86 valence electrons. The predicted molar refractivity (Wildman–Crippen MR) is 75.3 cm³/mol. The van der Waals surface area contributed by atoms with Gasteiger partial charge in [-0.15, -0.1) is 25.3 Å². The molecule has 0 heterocycles. The van der Waals surface area contributed by atoms with Crippen LogP contribution in [0, 0.1) is 0 Å². The molecule has 1 amide bonds. The molecule has 0 aliphatic heterocycles. The van der Waals surface area contributed by atoms with Gasteiger partial charge in [-0.2, -0.15) is 0 Å². The third kappa shape index (κ3) is 3.28. The average Bonchev–Trinajstić information content (AvgIpc) is 2.29. The summed E-state index contributed by atoms with van der Waals surface area (Å²) in [7, 11) is 0. The highest BCUT2D eigenvalue weighted by Gasteiger charge is 2.05. The second-order valence-corrected chi connectivity index (χ2v) is 4.59. The van der Waals surface area contributed by atoms with E-state index in [4.69, 9.17) is 0 Å². The number of amides is 1. The maximum absolute atomic E-state index is 11.9. The number of rotatable bonds is 2. The van der Waals surface area contributed by atoms with E-state index in [1.54, 1.807) is 24.3 Å². The molecule has 0 aliphatic rings. The summed E-state index contributed by atoms with van der Waals surface area (Å²) >= 11 is 8.42. The van der Waals surface area contributed by atoms with Crippen molar-refractivity contribution in [1.82, 2.24) is 0 Å². The number of hydrogen-bond donors (Lipinski definition) is 3. The highest BCUT2D eigenvalue weighted by atomic mass is 32.1. The van der Waals surface area contributed by atoms with Gasteiger partial charge < -0.3 is 5.32 Å². The molecule has 0 bridgehead atoms. The van der Waals surface area contributed by atoms with Crippen LogP contribution in [-0.4, -0.2) is 5.91 Å². The minimum atomic E-state index is -0.153. The molecular formula is C13H11NOS2. The third-order valence-electron chi connectivity index (χ3n) is 2.21. The molecule has 2 rings (SSSR count). The summed E-state index contributed by atoms with van der Waals surface area (Å²) < 4.78 is 0. The molecule has 0 aromatic heterocycles. The predicted octanol–water partition coefficient (Wildman–Crippen LogP) is 3.52. The first kappa shape index (κ1) is 12.1. The normalized spacial score (nSPS) is 10.0. The first-order valence-corrected chi connectivity index (χ1v) is 5.94. The van der Waals surface area contributed by atoms with Crippen LogP contribution in [0.15, 0.2) is 58.3 Å². The van der Waals surface area contributed by atoms with E-state index in [2.05, 4.69) is 30.6 Å². The van der Waals surface area contributed by atoms with E-state index in [1.807, 2.05) is 24.3 Å². The van der Waals surface area contributed by atoms with Crippen molar-refractivity contribution in [2.75, 3.05) is 5.32 Å². The minimum absolute atomic E-state index is 0.153. The lowest BCUT2D eigenvalue weighted by molar-refractivity contribution is 0.102. The van der Waals surface area contributed by atoms with Crippen molar-refractivity contribution in [2.24, 2.45) is 0 Å². The third-order valence-corrected chi connectivity index (χ3v) is 2.77. The van der Waals surface area contributed by atoms with Gasteiger partial charge in [0, 0.05) is 21.0 Å². The number of benzene rings is 2. The monoisotopic (exact) mass is 261 g/mol. The maximum Gasteiger partial charge on any atom is 0.255 e. The Labute approximate surface area is 111 Å². The Morgan fingerprint density at radius 1 is 0.941 bits per heavy atom. The summed E-state index contributed by atoms with van der Waals surface area (Å²) in [6.45, 7) is 0. The molecule has 0 unspecified atom stereocenters. The fourth-order valence-electron chi connectivity index (χ4n) is 1.43. The van der Waals surface area contributed by atoms with Gasteiger partial charge in [-0.25, -0.2) is 0 Å². The van der Waals surface area contributed by atoms with Crippen LogP contribution in [0.3, 0.4) is 0 Å². The molecule has 0 radical (unpaired) electrons. The fraction of sp³-hybridized carbons (Fsp3) is 0. The van der Waals surface area contributed by atoms with Crippen LogP contribution in [0.25, 0.3) is 0 Å². The molecule has 2 aromatic carbocycles. The van der Waals surface area contributed by atoms with E-state index in [1.165, 1.54) is 0 Å². The summed E-state index contributed by atoms with van der Waals surface area (Å²) in [5, 5.41) is 2.80. The SMILES string of the molecule is O=C(Nc1cccc(S)c1)c1cccc(S)c1. The van der Waals surface area contributed by atoms with Gasteiger partial charge in [-0.3, -0.25) is 4.79 Å². The Bertz CT molecular complexity index is 555. The zero-order valence-electron chi connectivity index (χ0n) is 8.92. The van der Waals surface area contributed by atoms with Crippen LogP contribution in [0.5, 0.6) is 0 Å². The second-order valence-electron chi connectivity index (χ2n) is 3.55. The van der Waals surface area contributed by atoms with Crippen LogP contribution >= 0.6 is 25.3 Å². The van der Waals surface area contributed by atoms with Gasteiger partial charge in [0.05, 0.1) is 0 Å². The van der Waals surface area contributed by atoms with Crippen LogP contribution in [0.2, 0.25) is 0 Å². The van der Waals surface area contributed by atoms with Gasteiger partial charge in [-0.1, -0.05) is 12.1 Å². The van der Waals surface area contributed by atoms with Gasteiger partial charge >= 0.3 is 0 Å². The quantitative estimate of drug-likeness (QED) is 0.709. The fourth-order valence-corrected chi connectivity index (χ4v) is 1.88. The number of nitrogens with one attached hydrogen (secondary N) is 1. The number of thiol groups is 2. The first-order valence-electron chi connectivity index (χ1n) is 5.04. The van der Waals surface area contributed by atoms with Crippen molar-refractivity contribution < 1.29 is 4.79 Å². The van der Waals surface area contributed by atoms with E-state index in [-0.39, 0.29) is 5.91 Å². The van der Waals surface area contributed by atoms with Gasteiger partial charge in [0.15, 0.2) is 0 Å². The van der Waals surface area contributed by atoms with Crippen LogP contribution in [0.4, 0.5) is 5.69 Å². The van der Waals surface area contributed by atoms with Crippen molar-refractivity contribution in [3.05, 3.63) is 54.1 Å². The largest absolute Gasteiger partial charge is 0.322 e. The molecular weight excluding hydrogens is 250 g/mol. The van der Waals surface area contributed by atoms with E-state index in [0.717, 1.165) is 15.5 Å². The number of anilines is 1. The van der Waals surface area contributed by atoms with Gasteiger partial charge in [0.25, 0.3) is 5.91 Å². The van der Waals surface area contributed by atoms with Gasteiger partial charge in [0.1, 0.15) is 0 Å². The Balaban J connectivity index is 2.17. The zero-order chi connectivity index (χ0) is 12.3. The summed E-state index contributed by atoms with van der Waals surface area (Å²) in [5.74, 6) is -0.153. The molecule has 0 fully saturated rings. The molecule has 0 saturated heterocycles. The van der Waals surface area contributed by atoms with E-state index >= 15 is 0 Å². The Morgan fingerprint density at radius 2 is 1.59 bits per heavy atom. The van der Waals surface area contributed by atoms with E-state index in [0.29, 0.717) is 5.56 Å². The average molecular weight is 261 g/mol. The van der Waals surface area contributed by atoms with Crippen molar-refractivity contribution >= 4 is 36.9 Å². The van der Waals surface area contributed by atoms with E-state index < -0.39 is 0 Å². The number of carbonyl (C=O) groups excluding carboxylic acids is 1. The topological polar surface area (TPSA) is 29.1 Å². The first-order chi connectivity index (χ1) is 8.15. The summed E-state index contributed by atoms with van der Waals surface area (Å²) in [6.07, 6.45) is 0. The lowest BCUT2D eigenvalue weighted by atomic mass is 10.2. The molecule has 2 aromatic rings. The smallest absolute Gasteiger partial charge is 0.255 e. The highest BCUT2D eigenvalue weighted by Crippen LogP contribution is 2.15.